The average molecular weight is 415 g/mol. The van der Waals surface area contributed by atoms with E-state index in [0.29, 0.717) is 11.7 Å². The van der Waals surface area contributed by atoms with Crippen molar-refractivity contribution in [2.75, 3.05) is 7.05 Å². The summed E-state index contributed by atoms with van der Waals surface area (Å²) in [5, 5.41) is 13.0. The van der Waals surface area contributed by atoms with Crippen LogP contribution in [-0.4, -0.2) is 57.8 Å². The second kappa shape index (κ2) is 9.24. The van der Waals surface area contributed by atoms with E-state index >= 15 is 0 Å². The van der Waals surface area contributed by atoms with E-state index in [4.69, 9.17) is 4.74 Å². The van der Waals surface area contributed by atoms with Crippen LogP contribution in [0.1, 0.15) is 23.4 Å². The van der Waals surface area contributed by atoms with E-state index in [1.54, 1.807) is 18.3 Å². The number of fused-ring (bicyclic) bond motifs is 2. The zero-order valence-corrected chi connectivity index (χ0v) is 19.4. The van der Waals surface area contributed by atoms with Crippen molar-refractivity contribution in [2.24, 2.45) is 0 Å². The van der Waals surface area contributed by atoms with Crippen LogP contribution < -0.4 is 4.74 Å². The predicted octanol–water partition coefficient (Wildman–Crippen LogP) is 4.60. The molecule has 143 valence electrons. The van der Waals surface area contributed by atoms with Crippen LogP contribution >= 0.6 is 11.3 Å². The Bertz CT molecular complexity index is 1130. The van der Waals surface area contributed by atoms with Gasteiger partial charge in [-0.05, 0) is 47.5 Å². The number of aromatic nitrogens is 1. The third kappa shape index (κ3) is 4.79. The monoisotopic (exact) mass is 415 g/mol. The topological polar surface area (TPSA) is 62.7 Å². The third-order valence-electron chi connectivity index (χ3n) is 4.73. The molecule has 0 spiro atoms. The van der Waals surface area contributed by atoms with Crippen LogP contribution in [0.2, 0.25) is 0 Å². The molecule has 0 bridgehead atoms. The van der Waals surface area contributed by atoms with Crippen molar-refractivity contribution in [3.8, 4) is 5.75 Å². The number of carbonyl (C=O) groups is 1. The van der Waals surface area contributed by atoms with Crippen LogP contribution in [0.4, 0.5) is 0 Å². The molecule has 0 unspecified atom stereocenters. The summed E-state index contributed by atoms with van der Waals surface area (Å²) in [7, 11) is 1.34. The van der Waals surface area contributed by atoms with Gasteiger partial charge in [0.1, 0.15) is 17.4 Å². The smallest absolute Gasteiger partial charge is 0.252 e. The van der Waals surface area contributed by atoms with Crippen molar-refractivity contribution >= 4 is 67.8 Å². The van der Waals surface area contributed by atoms with Crippen LogP contribution in [0, 0.1) is 0 Å². The van der Waals surface area contributed by atoms with E-state index in [1.165, 1.54) is 7.05 Å². The molecule has 0 saturated carbocycles. The van der Waals surface area contributed by atoms with Gasteiger partial charge in [0.15, 0.2) is 0 Å². The number of nitrogens with zero attached hydrogens (tertiary/aromatic N) is 2. The van der Waals surface area contributed by atoms with Crippen molar-refractivity contribution in [3.63, 3.8) is 0 Å². The zero-order chi connectivity index (χ0) is 19.7. The molecule has 4 rings (SSSR count). The summed E-state index contributed by atoms with van der Waals surface area (Å²) in [6, 6.07) is 19.8. The second-order valence-corrected chi connectivity index (χ2v) is 7.83. The van der Waals surface area contributed by atoms with Gasteiger partial charge in [0, 0.05) is 36.6 Å². The van der Waals surface area contributed by atoms with Gasteiger partial charge in [0.2, 0.25) is 0 Å². The number of ether oxygens (including phenoxy) is 1. The molecule has 3 aromatic carbocycles. The molecule has 0 saturated heterocycles. The van der Waals surface area contributed by atoms with E-state index in [1.807, 2.05) is 54.6 Å². The molecule has 0 fully saturated rings. The number of likely N-dealkylation sites (N-methyl/N-ethyl adjacent to an activating group) is 1. The van der Waals surface area contributed by atoms with Gasteiger partial charge in [0.25, 0.3) is 5.91 Å². The van der Waals surface area contributed by atoms with Crippen molar-refractivity contribution < 1.29 is 14.7 Å². The molecule has 1 atom stereocenters. The number of thiazole rings is 1. The molecule has 29 heavy (non-hydrogen) atoms. The molecule has 1 radical (unpaired) electrons. The second-order valence-electron chi connectivity index (χ2n) is 6.72. The summed E-state index contributed by atoms with van der Waals surface area (Å²) >= 11 is 1.64. The van der Waals surface area contributed by atoms with Crippen LogP contribution in [0.5, 0.6) is 5.75 Å². The number of hydrogen-bond donors (Lipinski definition) is 1. The maximum absolute atomic E-state index is 12.0. The van der Waals surface area contributed by atoms with Gasteiger partial charge < -0.3 is 4.74 Å². The van der Waals surface area contributed by atoms with Gasteiger partial charge in [-0.1, -0.05) is 36.4 Å². The summed E-state index contributed by atoms with van der Waals surface area (Å²) in [6.07, 6.45) is 0. The van der Waals surface area contributed by atoms with Crippen molar-refractivity contribution in [3.05, 3.63) is 71.2 Å². The maximum atomic E-state index is 12.0. The van der Waals surface area contributed by atoms with Crippen LogP contribution in [0.3, 0.4) is 0 Å². The predicted molar refractivity (Wildman–Crippen MR) is 117 cm³/mol. The van der Waals surface area contributed by atoms with E-state index < -0.39 is 5.92 Å². The van der Waals surface area contributed by atoms with Gasteiger partial charge in [-0.15, -0.1) is 11.3 Å². The maximum Gasteiger partial charge on any atom is 0.252 e. The summed E-state index contributed by atoms with van der Waals surface area (Å²) in [5.41, 5.74) is 1.86. The van der Waals surface area contributed by atoms with E-state index in [2.05, 4.69) is 11.1 Å². The Balaban J connectivity index is 0.00000240. The Labute approximate surface area is 195 Å². The molecule has 0 aliphatic heterocycles. The molecule has 1 heterocycles. The minimum atomic E-state index is -0.408. The minimum absolute atomic E-state index is 0. The first-order valence-electron chi connectivity index (χ1n) is 8.98. The first-order valence-corrected chi connectivity index (χ1v) is 9.80. The van der Waals surface area contributed by atoms with Gasteiger partial charge in [-0.3, -0.25) is 10.0 Å². The quantitative estimate of drug-likeness (QED) is 0.294. The summed E-state index contributed by atoms with van der Waals surface area (Å²) in [6.45, 7) is 2.21. The van der Waals surface area contributed by atoms with Gasteiger partial charge >= 0.3 is 0 Å². The van der Waals surface area contributed by atoms with Crippen molar-refractivity contribution in [2.45, 2.75) is 19.4 Å². The average Bonchev–Trinajstić information content (AvgIpc) is 3.13. The molecule has 5 nitrogen and oxygen atoms in total. The first kappa shape index (κ1) is 21.7. The van der Waals surface area contributed by atoms with Crippen LogP contribution in [0.15, 0.2) is 60.7 Å². The number of amides is 1. The van der Waals surface area contributed by atoms with Gasteiger partial charge in [-0.25, -0.2) is 10.0 Å². The number of benzene rings is 3. The number of para-hydroxylation sites is 1. The van der Waals surface area contributed by atoms with Crippen molar-refractivity contribution in [1.82, 2.24) is 10.0 Å². The molecular formula is C22H20N2NaO3S. The number of hydrogen-bond acceptors (Lipinski definition) is 5. The molecule has 1 N–H and O–H groups in total. The summed E-state index contributed by atoms with van der Waals surface area (Å²) in [4.78, 5) is 16.6. The number of rotatable bonds is 5. The molecule has 4 aromatic rings. The van der Waals surface area contributed by atoms with Crippen molar-refractivity contribution in [1.29, 1.82) is 0 Å². The molecule has 0 aliphatic carbocycles. The Morgan fingerprint density at radius 1 is 1.14 bits per heavy atom. The molecular weight excluding hydrogens is 395 g/mol. The molecule has 7 heteroatoms. The standard InChI is InChI=1S/C22H20N2O3S.Na/c1-14(22(25)24(2)26)15-7-8-17-12-18(10-9-16(17)11-15)27-13-21-23-19-5-3-4-6-20(19)28-21;/h3-12,14,26H,13H2,1-2H3;/t14-;/m0./s1. The van der Waals surface area contributed by atoms with Gasteiger partial charge in [-0.2, -0.15) is 0 Å². The summed E-state index contributed by atoms with van der Waals surface area (Å²) in [5.74, 6) is 0.0308. The van der Waals surface area contributed by atoms with E-state index in [9.17, 15) is 10.0 Å². The largest absolute Gasteiger partial charge is 0.486 e. The molecule has 0 aliphatic rings. The zero-order valence-electron chi connectivity index (χ0n) is 16.6. The van der Waals surface area contributed by atoms with E-state index in [0.717, 1.165) is 37.3 Å². The fourth-order valence-electron chi connectivity index (χ4n) is 3.15. The molecule has 1 amide bonds. The third-order valence-corrected chi connectivity index (χ3v) is 5.74. The molecule has 1 aromatic heterocycles. The Hall–Kier alpha value is -1.96. The fraction of sp³-hybridized carbons (Fsp3) is 0.182. The Morgan fingerprint density at radius 2 is 1.86 bits per heavy atom. The van der Waals surface area contributed by atoms with Crippen LogP contribution in [-0.2, 0) is 11.4 Å². The normalized spacial score (nSPS) is 11.8. The number of hydroxylamine groups is 2. The fourth-order valence-corrected chi connectivity index (χ4v) is 4.03. The van der Waals surface area contributed by atoms with Gasteiger partial charge in [0.05, 0.1) is 16.1 Å². The Morgan fingerprint density at radius 3 is 2.62 bits per heavy atom. The first-order chi connectivity index (χ1) is 13.5. The SMILES string of the molecule is C[C@H](C(=O)N(C)O)c1ccc2cc(OCc3nc4ccccc4s3)ccc2c1.[Na]. The van der Waals surface area contributed by atoms with Crippen LogP contribution in [0.25, 0.3) is 21.0 Å². The number of carbonyl (C=O) groups excluding carboxylic acids is 1. The van der Waals surface area contributed by atoms with E-state index in [-0.39, 0.29) is 35.5 Å². The summed E-state index contributed by atoms with van der Waals surface area (Å²) < 4.78 is 7.09. The minimum Gasteiger partial charge on any atom is -0.486 e. The Kier molecular flexibility index (Phi) is 6.93.